The largest absolute Gasteiger partial charge is 0.444 e. The van der Waals surface area contributed by atoms with E-state index in [1.54, 1.807) is 7.05 Å². The van der Waals surface area contributed by atoms with E-state index in [9.17, 15) is 4.79 Å². The lowest BCUT2D eigenvalue weighted by Gasteiger charge is -2.28. The van der Waals surface area contributed by atoms with Crippen LogP contribution in [0.25, 0.3) is 0 Å². The van der Waals surface area contributed by atoms with Gasteiger partial charge < -0.3 is 25.0 Å². The highest BCUT2D eigenvalue weighted by Gasteiger charge is 2.22. The summed E-state index contributed by atoms with van der Waals surface area (Å²) >= 11 is 0. The molecule has 0 bridgehead atoms. The summed E-state index contributed by atoms with van der Waals surface area (Å²) < 4.78 is 10.7. The van der Waals surface area contributed by atoms with E-state index in [1.165, 1.54) is 0 Å². The fraction of sp³-hybridized carbons (Fsp3) is 0.889. The van der Waals surface area contributed by atoms with Gasteiger partial charge in [0.2, 0.25) is 0 Å². The summed E-state index contributed by atoms with van der Waals surface area (Å²) in [4.78, 5) is 18.3. The Morgan fingerprint density at radius 1 is 1.28 bits per heavy atom. The van der Waals surface area contributed by atoms with Gasteiger partial charge in [-0.1, -0.05) is 13.8 Å². The van der Waals surface area contributed by atoms with Crippen molar-refractivity contribution in [1.29, 1.82) is 0 Å². The predicted octanol–water partition coefficient (Wildman–Crippen LogP) is 2.47. The van der Waals surface area contributed by atoms with Crippen molar-refractivity contribution in [3.8, 4) is 0 Å². The van der Waals surface area contributed by atoms with Crippen molar-refractivity contribution in [2.45, 2.75) is 59.6 Å². The number of aliphatic imine (C=N–C) groups is 1. The van der Waals surface area contributed by atoms with Gasteiger partial charge in [0.25, 0.3) is 0 Å². The zero-order valence-electron chi connectivity index (χ0n) is 17.3. The normalized spacial score (nSPS) is 13.6. The van der Waals surface area contributed by atoms with E-state index in [1.807, 2.05) is 34.7 Å². The SMILES string of the molecule is CCOCCNC(=NC)N(C)CCC(NC(=O)OC(C)(C)C)C(C)C. The molecule has 2 N–H and O–H groups in total. The summed E-state index contributed by atoms with van der Waals surface area (Å²) in [6, 6.07) is 0.0406. The van der Waals surface area contributed by atoms with Crippen LogP contribution in [0.4, 0.5) is 4.79 Å². The second-order valence-electron chi connectivity index (χ2n) is 7.38. The molecule has 0 spiro atoms. The maximum atomic E-state index is 12.0. The minimum absolute atomic E-state index is 0.0406. The van der Waals surface area contributed by atoms with Gasteiger partial charge in [0.05, 0.1) is 6.61 Å². The summed E-state index contributed by atoms with van der Waals surface area (Å²) in [5, 5.41) is 6.24. The Bertz CT molecular complexity index is 406. The first-order valence-electron chi connectivity index (χ1n) is 9.09. The smallest absolute Gasteiger partial charge is 0.407 e. The van der Waals surface area contributed by atoms with Crippen molar-refractivity contribution in [2.24, 2.45) is 10.9 Å². The number of carbonyl (C=O) groups excluding carboxylic acids is 1. The number of guanidine groups is 1. The number of carbonyl (C=O) groups is 1. The Kier molecular flexibility index (Phi) is 11.2. The van der Waals surface area contributed by atoms with E-state index in [4.69, 9.17) is 9.47 Å². The molecule has 0 saturated heterocycles. The maximum absolute atomic E-state index is 12.0. The minimum atomic E-state index is -0.491. The third kappa shape index (κ3) is 11.6. The van der Waals surface area contributed by atoms with Crippen molar-refractivity contribution in [3.63, 3.8) is 0 Å². The lowest BCUT2D eigenvalue weighted by Crippen LogP contribution is -2.45. The number of rotatable bonds is 9. The third-order valence-electron chi connectivity index (χ3n) is 3.59. The van der Waals surface area contributed by atoms with Crippen LogP contribution in [0, 0.1) is 5.92 Å². The molecule has 0 radical (unpaired) electrons. The molecule has 0 aromatic rings. The number of hydrogen-bond donors (Lipinski definition) is 2. The number of alkyl carbamates (subject to hydrolysis) is 1. The molecule has 0 rings (SSSR count). The zero-order valence-corrected chi connectivity index (χ0v) is 17.3. The molecule has 25 heavy (non-hydrogen) atoms. The summed E-state index contributed by atoms with van der Waals surface area (Å²) in [5.74, 6) is 1.13. The van der Waals surface area contributed by atoms with E-state index in [-0.39, 0.29) is 12.1 Å². The molecule has 0 aliphatic rings. The Morgan fingerprint density at radius 2 is 1.92 bits per heavy atom. The van der Waals surface area contributed by atoms with Gasteiger partial charge in [-0.05, 0) is 40.0 Å². The lowest BCUT2D eigenvalue weighted by molar-refractivity contribution is 0.0485. The second-order valence-corrected chi connectivity index (χ2v) is 7.38. The van der Waals surface area contributed by atoms with Crippen LogP contribution in [-0.2, 0) is 9.47 Å². The molecule has 0 aliphatic heterocycles. The van der Waals surface area contributed by atoms with Crippen LogP contribution in [0.5, 0.6) is 0 Å². The van der Waals surface area contributed by atoms with E-state index in [0.29, 0.717) is 25.7 Å². The van der Waals surface area contributed by atoms with Gasteiger partial charge in [-0.3, -0.25) is 4.99 Å². The molecule has 0 aromatic heterocycles. The Hall–Kier alpha value is -1.50. The van der Waals surface area contributed by atoms with Crippen molar-refractivity contribution in [3.05, 3.63) is 0 Å². The molecular formula is C18H38N4O3. The van der Waals surface area contributed by atoms with Gasteiger partial charge in [0, 0.05) is 39.8 Å². The molecule has 7 nitrogen and oxygen atoms in total. The molecule has 148 valence electrons. The summed E-state index contributed by atoms with van der Waals surface area (Å²) in [6.07, 6.45) is 0.438. The number of nitrogens with zero attached hydrogens (tertiary/aromatic N) is 2. The number of nitrogens with one attached hydrogen (secondary N) is 2. The summed E-state index contributed by atoms with van der Waals surface area (Å²) in [7, 11) is 3.75. The predicted molar refractivity (Wildman–Crippen MR) is 103 cm³/mol. The molecule has 0 heterocycles. The molecule has 7 heteroatoms. The van der Waals surface area contributed by atoms with Gasteiger partial charge >= 0.3 is 6.09 Å². The topological polar surface area (TPSA) is 75.2 Å². The van der Waals surface area contributed by atoms with Crippen LogP contribution >= 0.6 is 0 Å². The molecule has 1 atom stereocenters. The number of amides is 1. The van der Waals surface area contributed by atoms with Crippen LogP contribution in [0.2, 0.25) is 0 Å². The average molecular weight is 359 g/mol. The van der Waals surface area contributed by atoms with Crippen LogP contribution < -0.4 is 10.6 Å². The van der Waals surface area contributed by atoms with Gasteiger partial charge in [-0.25, -0.2) is 4.79 Å². The van der Waals surface area contributed by atoms with Gasteiger partial charge in [0.1, 0.15) is 5.60 Å². The highest BCUT2D eigenvalue weighted by atomic mass is 16.6. The van der Waals surface area contributed by atoms with Gasteiger partial charge in [-0.15, -0.1) is 0 Å². The fourth-order valence-corrected chi connectivity index (χ4v) is 2.23. The average Bonchev–Trinajstić information content (AvgIpc) is 2.49. The van der Waals surface area contributed by atoms with Gasteiger partial charge in [0.15, 0.2) is 5.96 Å². The summed E-state index contributed by atoms with van der Waals surface area (Å²) in [6.45, 7) is 14.6. The molecule has 0 aliphatic carbocycles. The van der Waals surface area contributed by atoms with Crippen molar-refractivity contribution < 1.29 is 14.3 Å². The molecule has 1 amide bonds. The Balaban J connectivity index is 4.46. The highest BCUT2D eigenvalue weighted by molar-refractivity contribution is 5.79. The Labute approximate surface area is 153 Å². The molecule has 1 unspecified atom stereocenters. The zero-order chi connectivity index (χ0) is 19.5. The van der Waals surface area contributed by atoms with Crippen LogP contribution in [0.3, 0.4) is 0 Å². The molecule has 0 aromatic carbocycles. The standard InChI is InChI=1S/C18H38N4O3/c1-9-24-13-11-20-16(19-7)22(8)12-10-15(14(2)3)21-17(23)25-18(4,5)6/h14-15H,9-13H2,1-8H3,(H,19,20)(H,21,23). The van der Waals surface area contributed by atoms with Crippen LogP contribution in [0.1, 0.15) is 48.0 Å². The monoisotopic (exact) mass is 358 g/mol. The highest BCUT2D eigenvalue weighted by Crippen LogP contribution is 2.11. The van der Waals surface area contributed by atoms with E-state index < -0.39 is 5.60 Å². The molecule has 0 fully saturated rings. The van der Waals surface area contributed by atoms with Crippen molar-refractivity contribution in [2.75, 3.05) is 40.4 Å². The maximum Gasteiger partial charge on any atom is 0.407 e. The third-order valence-corrected chi connectivity index (χ3v) is 3.59. The number of hydrogen-bond acceptors (Lipinski definition) is 4. The fourth-order valence-electron chi connectivity index (χ4n) is 2.23. The molecular weight excluding hydrogens is 320 g/mol. The lowest BCUT2D eigenvalue weighted by atomic mass is 10.0. The van der Waals surface area contributed by atoms with E-state index in [0.717, 1.165) is 18.9 Å². The van der Waals surface area contributed by atoms with Gasteiger partial charge in [-0.2, -0.15) is 0 Å². The number of ether oxygens (including phenoxy) is 2. The molecule has 0 saturated carbocycles. The minimum Gasteiger partial charge on any atom is -0.444 e. The summed E-state index contributed by atoms with van der Waals surface area (Å²) in [5.41, 5.74) is -0.491. The van der Waals surface area contributed by atoms with E-state index >= 15 is 0 Å². The first kappa shape index (κ1) is 23.5. The first-order valence-corrected chi connectivity index (χ1v) is 9.09. The van der Waals surface area contributed by atoms with E-state index in [2.05, 4.69) is 34.4 Å². The second kappa shape index (κ2) is 12.0. The van der Waals surface area contributed by atoms with Crippen molar-refractivity contribution >= 4 is 12.1 Å². The van der Waals surface area contributed by atoms with Crippen LogP contribution in [-0.4, -0.2) is 69.0 Å². The first-order chi connectivity index (χ1) is 11.6. The Morgan fingerprint density at radius 3 is 2.40 bits per heavy atom. The van der Waals surface area contributed by atoms with Crippen LogP contribution in [0.15, 0.2) is 4.99 Å². The quantitative estimate of drug-likeness (QED) is 0.376. The van der Waals surface area contributed by atoms with Crippen molar-refractivity contribution in [1.82, 2.24) is 15.5 Å².